The van der Waals surface area contributed by atoms with Crippen molar-refractivity contribution in [2.45, 2.75) is 6.29 Å². The van der Waals surface area contributed by atoms with Gasteiger partial charge in [0.05, 0.1) is 6.54 Å². The fraction of sp³-hybridized carbons (Fsp3) is 0.400. The van der Waals surface area contributed by atoms with Crippen molar-refractivity contribution in [2.24, 2.45) is 0 Å². The molecule has 0 aliphatic rings. The highest BCUT2D eigenvalue weighted by Gasteiger charge is 1.97. The maximum Gasteiger partial charge on any atom is 0.243 e. The van der Waals surface area contributed by atoms with E-state index in [1.54, 1.807) is 0 Å². The van der Waals surface area contributed by atoms with Crippen LogP contribution in [0.25, 0.3) is 0 Å². The number of carbonyl (C=O) groups is 1. The third kappa shape index (κ3) is 4.99. The van der Waals surface area contributed by atoms with Gasteiger partial charge in [-0.2, -0.15) is 0 Å². The van der Waals surface area contributed by atoms with Crippen LogP contribution in [0.5, 0.6) is 0 Å². The monoisotopic (exact) mass is 131 g/mol. The largest absolute Gasteiger partial charge is 0.367 e. The molecule has 0 aliphatic carbocycles. The van der Waals surface area contributed by atoms with Gasteiger partial charge in [0.25, 0.3) is 0 Å². The first-order valence-electron chi connectivity index (χ1n) is 2.43. The summed E-state index contributed by atoms with van der Waals surface area (Å²) in [6.07, 6.45) is -0.434. The second-order valence-corrected chi connectivity index (χ2v) is 1.43. The van der Waals surface area contributed by atoms with Crippen molar-refractivity contribution >= 4 is 5.91 Å². The molecular formula is C5H9NO3. The highest BCUT2D eigenvalue weighted by atomic mass is 16.5. The van der Waals surface area contributed by atoms with Crippen LogP contribution in [0.15, 0.2) is 12.7 Å². The number of hydrogen-bond acceptors (Lipinski definition) is 3. The quantitative estimate of drug-likeness (QED) is 0.326. The van der Waals surface area contributed by atoms with Gasteiger partial charge < -0.3 is 15.5 Å². The summed E-state index contributed by atoms with van der Waals surface area (Å²) < 4.78 is 0. The molecule has 0 aliphatic heterocycles. The molecule has 0 atom stereocenters. The van der Waals surface area contributed by atoms with Crippen LogP contribution in [-0.4, -0.2) is 29.0 Å². The van der Waals surface area contributed by atoms with Crippen molar-refractivity contribution < 1.29 is 15.0 Å². The number of aliphatic hydroxyl groups excluding tert-OH is 1. The van der Waals surface area contributed by atoms with Crippen LogP contribution in [0.2, 0.25) is 0 Å². The average molecular weight is 131 g/mol. The van der Waals surface area contributed by atoms with Crippen LogP contribution in [-0.2, 0) is 4.79 Å². The van der Waals surface area contributed by atoms with E-state index in [2.05, 4.69) is 11.9 Å². The van der Waals surface area contributed by atoms with Crippen molar-refractivity contribution in [3.05, 3.63) is 12.7 Å². The molecule has 0 spiro atoms. The Kier molecular flexibility index (Phi) is 3.66. The number of hydrogen-bond donors (Lipinski definition) is 3. The normalized spacial score (nSPS) is 9.22. The zero-order valence-electron chi connectivity index (χ0n) is 4.87. The van der Waals surface area contributed by atoms with E-state index in [9.17, 15) is 4.79 Å². The molecule has 52 valence electrons. The van der Waals surface area contributed by atoms with E-state index < -0.39 is 12.2 Å². The first-order valence-corrected chi connectivity index (χ1v) is 2.43. The van der Waals surface area contributed by atoms with Gasteiger partial charge in [-0.25, -0.2) is 0 Å². The lowest BCUT2D eigenvalue weighted by Crippen LogP contribution is -2.30. The van der Waals surface area contributed by atoms with Crippen molar-refractivity contribution in [1.82, 2.24) is 5.32 Å². The lowest BCUT2D eigenvalue weighted by molar-refractivity contribution is -0.118. The second kappa shape index (κ2) is 4.05. The summed E-state index contributed by atoms with van der Waals surface area (Å²) in [7, 11) is 0. The molecule has 0 aromatic carbocycles. The molecule has 4 heteroatoms. The Morgan fingerprint density at radius 2 is 2.33 bits per heavy atom. The van der Waals surface area contributed by atoms with Crippen LogP contribution < -0.4 is 5.32 Å². The van der Waals surface area contributed by atoms with Crippen molar-refractivity contribution in [3.8, 4) is 0 Å². The summed E-state index contributed by atoms with van der Waals surface area (Å²) in [6, 6.07) is 0. The van der Waals surface area contributed by atoms with Gasteiger partial charge in [0.15, 0.2) is 6.29 Å². The molecule has 3 N–H and O–H groups in total. The number of carbonyl (C=O) groups excluding carboxylic acids is 1. The smallest absolute Gasteiger partial charge is 0.243 e. The number of amides is 1. The number of rotatable bonds is 3. The molecule has 1 amide bonds. The zero-order valence-corrected chi connectivity index (χ0v) is 4.87. The SMILES string of the molecule is C=CC(=O)NCC(O)O. The maximum absolute atomic E-state index is 10.3. The minimum absolute atomic E-state index is 0.162. The summed E-state index contributed by atoms with van der Waals surface area (Å²) >= 11 is 0. The Bertz CT molecular complexity index is 111. The number of nitrogens with one attached hydrogen (secondary N) is 1. The Morgan fingerprint density at radius 3 is 2.67 bits per heavy atom. The summed E-state index contributed by atoms with van der Waals surface area (Å²) in [4.78, 5) is 10.3. The van der Waals surface area contributed by atoms with Gasteiger partial charge in [-0.05, 0) is 6.08 Å². The first kappa shape index (κ1) is 8.13. The predicted octanol–water partition coefficient (Wildman–Crippen LogP) is -1.40. The van der Waals surface area contributed by atoms with E-state index in [0.717, 1.165) is 6.08 Å². The van der Waals surface area contributed by atoms with Gasteiger partial charge in [-0.15, -0.1) is 0 Å². The summed E-state index contributed by atoms with van der Waals surface area (Å²) in [6.45, 7) is 3.00. The standard InChI is InChI=1S/C5H9NO3/c1-2-4(7)6-3-5(8)9/h2,5,8-9H,1,3H2,(H,6,7). The molecule has 0 fully saturated rings. The maximum atomic E-state index is 10.3. The molecule has 9 heavy (non-hydrogen) atoms. The van der Waals surface area contributed by atoms with Crippen molar-refractivity contribution in [2.75, 3.05) is 6.54 Å². The summed E-state index contributed by atoms with van der Waals surface area (Å²) in [5.41, 5.74) is 0. The van der Waals surface area contributed by atoms with E-state index >= 15 is 0 Å². The molecule has 0 radical (unpaired) electrons. The third-order valence-electron chi connectivity index (χ3n) is 0.644. The van der Waals surface area contributed by atoms with Gasteiger partial charge in [0.1, 0.15) is 0 Å². The fourth-order valence-corrected chi connectivity index (χ4v) is 0.264. The van der Waals surface area contributed by atoms with E-state index in [-0.39, 0.29) is 6.54 Å². The van der Waals surface area contributed by atoms with Gasteiger partial charge in [-0.1, -0.05) is 6.58 Å². The van der Waals surface area contributed by atoms with Gasteiger partial charge in [0, 0.05) is 0 Å². The zero-order chi connectivity index (χ0) is 7.28. The van der Waals surface area contributed by atoms with Crippen LogP contribution in [0.4, 0.5) is 0 Å². The minimum Gasteiger partial charge on any atom is -0.367 e. The molecule has 0 saturated heterocycles. The topological polar surface area (TPSA) is 69.6 Å². The molecule has 0 saturated carbocycles. The molecule has 0 bridgehead atoms. The van der Waals surface area contributed by atoms with Crippen LogP contribution in [0.3, 0.4) is 0 Å². The van der Waals surface area contributed by atoms with Gasteiger partial charge in [0.2, 0.25) is 5.91 Å². The summed E-state index contributed by atoms with van der Waals surface area (Å²) in [5, 5.41) is 18.6. The van der Waals surface area contributed by atoms with Crippen LogP contribution >= 0.6 is 0 Å². The van der Waals surface area contributed by atoms with E-state index in [0.29, 0.717) is 0 Å². The van der Waals surface area contributed by atoms with Crippen LogP contribution in [0, 0.1) is 0 Å². The highest BCUT2D eigenvalue weighted by Crippen LogP contribution is 1.70. The molecule has 4 nitrogen and oxygen atoms in total. The number of aliphatic hydroxyl groups is 2. The van der Waals surface area contributed by atoms with E-state index in [1.807, 2.05) is 0 Å². The van der Waals surface area contributed by atoms with Crippen LogP contribution in [0.1, 0.15) is 0 Å². The molecule has 0 aromatic rings. The third-order valence-corrected chi connectivity index (χ3v) is 0.644. The average Bonchev–Trinajstić information content (AvgIpc) is 1.83. The summed E-state index contributed by atoms with van der Waals surface area (Å²) in [5.74, 6) is -0.414. The molecule has 0 heterocycles. The lowest BCUT2D eigenvalue weighted by atomic mass is 10.5. The van der Waals surface area contributed by atoms with Crippen molar-refractivity contribution in [3.63, 3.8) is 0 Å². The van der Waals surface area contributed by atoms with E-state index in [4.69, 9.17) is 10.2 Å². The lowest BCUT2D eigenvalue weighted by Gasteiger charge is -2.01. The Labute approximate surface area is 52.8 Å². The Hall–Kier alpha value is -0.870. The Balaban J connectivity index is 3.27. The van der Waals surface area contributed by atoms with Crippen molar-refractivity contribution in [1.29, 1.82) is 0 Å². The van der Waals surface area contributed by atoms with Gasteiger partial charge >= 0.3 is 0 Å². The minimum atomic E-state index is -1.49. The molecule has 0 rings (SSSR count). The van der Waals surface area contributed by atoms with Gasteiger partial charge in [-0.3, -0.25) is 4.79 Å². The molecule has 0 aromatic heterocycles. The molecular weight excluding hydrogens is 122 g/mol. The fourth-order valence-electron chi connectivity index (χ4n) is 0.264. The second-order valence-electron chi connectivity index (χ2n) is 1.43. The highest BCUT2D eigenvalue weighted by molar-refractivity contribution is 5.86. The predicted molar refractivity (Wildman–Crippen MR) is 31.4 cm³/mol. The molecule has 0 unspecified atom stereocenters. The first-order chi connectivity index (χ1) is 4.16. The van der Waals surface area contributed by atoms with E-state index in [1.165, 1.54) is 0 Å². The Morgan fingerprint density at radius 1 is 1.78 bits per heavy atom.